The van der Waals surface area contributed by atoms with Crippen LogP contribution >= 0.6 is 0 Å². The molecular formula is C8H10. The summed E-state index contributed by atoms with van der Waals surface area (Å²) in [5.41, 5.74) is 0. The molecule has 1 rings (SSSR count). The third kappa shape index (κ3) is 1.09. The van der Waals surface area contributed by atoms with E-state index in [0.29, 0.717) is 5.92 Å². The molecule has 0 heteroatoms. The predicted molar refractivity (Wildman–Crippen MR) is 36.6 cm³/mol. The Labute approximate surface area is 50.2 Å². The van der Waals surface area contributed by atoms with Gasteiger partial charge in [-0.05, 0) is 6.42 Å². The zero-order valence-corrected chi connectivity index (χ0v) is 4.88. The molecule has 42 valence electrons. The van der Waals surface area contributed by atoms with E-state index in [-0.39, 0.29) is 0 Å². The lowest BCUT2D eigenvalue weighted by Gasteiger charge is -2.01. The van der Waals surface area contributed by atoms with E-state index >= 15 is 0 Å². The first-order valence-electron chi connectivity index (χ1n) is 2.89. The highest BCUT2D eigenvalue weighted by molar-refractivity contribution is 5.14. The Balaban J connectivity index is 2.54. The van der Waals surface area contributed by atoms with Crippen LogP contribution < -0.4 is 0 Å². The van der Waals surface area contributed by atoms with Crippen LogP contribution in [0.5, 0.6) is 0 Å². The SMILES string of the molecule is C=CC1C=CCC=C1. The summed E-state index contributed by atoms with van der Waals surface area (Å²) < 4.78 is 0. The van der Waals surface area contributed by atoms with Gasteiger partial charge in [0.15, 0.2) is 0 Å². The minimum Gasteiger partial charge on any atom is -0.102 e. The van der Waals surface area contributed by atoms with Gasteiger partial charge in [-0.3, -0.25) is 0 Å². The summed E-state index contributed by atoms with van der Waals surface area (Å²) in [4.78, 5) is 0. The third-order valence-electron chi connectivity index (χ3n) is 1.26. The molecule has 0 heterocycles. The maximum Gasteiger partial charge on any atom is 0.0125 e. The van der Waals surface area contributed by atoms with E-state index in [1.165, 1.54) is 0 Å². The fraction of sp³-hybridized carbons (Fsp3) is 0.250. The number of allylic oxidation sites excluding steroid dienone is 5. The van der Waals surface area contributed by atoms with Crippen LogP contribution in [-0.2, 0) is 0 Å². The Bertz CT molecular complexity index is 117. The summed E-state index contributed by atoms with van der Waals surface area (Å²) in [6, 6.07) is 0. The van der Waals surface area contributed by atoms with Crippen molar-refractivity contribution in [3.8, 4) is 0 Å². The van der Waals surface area contributed by atoms with Crippen LogP contribution in [0.25, 0.3) is 0 Å². The van der Waals surface area contributed by atoms with Gasteiger partial charge in [-0.2, -0.15) is 0 Å². The second kappa shape index (κ2) is 2.51. The Morgan fingerprint density at radius 2 is 2.00 bits per heavy atom. The molecule has 0 aromatic carbocycles. The Morgan fingerprint density at radius 1 is 1.38 bits per heavy atom. The summed E-state index contributed by atoms with van der Waals surface area (Å²) in [6.45, 7) is 3.68. The normalized spacial score (nSPS) is 19.0. The van der Waals surface area contributed by atoms with E-state index in [9.17, 15) is 0 Å². The molecular weight excluding hydrogens is 96.1 g/mol. The van der Waals surface area contributed by atoms with Gasteiger partial charge in [0.2, 0.25) is 0 Å². The summed E-state index contributed by atoms with van der Waals surface area (Å²) >= 11 is 0. The molecule has 1 aliphatic rings. The van der Waals surface area contributed by atoms with Crippen LogP contribution in [0.2, 0.25) is 0 Å². The molecule has 0 aliphatic heterocycles. The monoisotopic (exact) mass is 106 g/mol. The van der Waals surface area contributed by atoms with Gasteiger partial charge < -0.3 is 0 Å². The largest absolute Gasteiger partial charge is 0.102 e. The Hall–Kier alpha value is -0.780. The summed E-state index contributed by atoms with van der Waals surface area (Å²) in [7, 11) is 0. The van der Waals surface area contributed by atoms with Gasteiger partial charge in [-0.15, -0.1) is 6.58 Å². The van der Waals surface area contributed by atoms with Gasteiger partial charge in [0.1, 0.15) is 0 Å². The Kier molecular flexibility index (Phi) is 1.68. The van der Waals surface area contributed by atoms with Gasteiger partial charge in [0.25, 0.3) is 0 Å². The van der Waals surface area contributed by atoms with Crippen molar-refractivity contribution >= 4 is 0 Å². The van der Waals surface area contributed by atoms with Crippen LogP contribution in [0.1, 0.15) is 6.42 Å². The first kappa shape index (κ1) is 5.36. The smallest absolute Gasteiger partial charge is 0.0125 e. The molecule has 0 fully saturated rings. The fourth-order valence-electron chi connectivity index (χ4n) is 0.771. The molecule has 0 amide bonds. The van der Waals surface area contributed by atoms with Crippen molar-refractivity contribution in [2.45, 2.75) is 6.42 Å². The van der Waals surface area contributed by atoms with E-state index < -0.39 is 0 Å². The lowest BCUT2D eigenvalue weighted by atomic mass is 10.0. The average Bonchev–Trinajstić information content (AvgIpc) is 1.90. The lowest BCUT2D eigenvalue weighted by Crippen LogP contribution is -1.87. The molecule has 0 saturated carbocycles. The van der Waals surface area contributed by atoms with Crippen LogP contribution in [0.3, 0.4) is 0 Å². The molecule has 0 bridgehead atoms. The highest BCUT2D eigenvalue weighted by Crippen LogP contribution is 2.08. The van der Waals surface area contributed by atoms with Gasteiger partial charge >= 0.3 is 0 Å². The molecule has 0 aromatic heterocycles. The molecule has 0 saturated heterocycles. The van der Waals surface area contributed by atoms with E-state index in [2.05, 4.69) is 30.9 Å². The fourth-order valence-corrected chi connectivity index (χ4v) is 0.771. The van der Waals surface area contributed by atoms with Crippen LogP contribution in [0.15, 0.2) is 37.0 Å². The molecule has 1 aliphatic carbocycles. The van der Waals surface area contributed by atoms with Gasteiger partial charge in [-0.25, -0.2) is 0 Å². The molecule has 0 aromatic rings. The van der Waals surface area contributed by atoms with Crippen LogP contribution in [-0.4, -0.2) is 0 Å². The topological polar surface area (TPSA) is 0 Å². The molecule has 0 radical (unpaired) electrons. The maximum absolute atomic E-state index is 3.68. The molecule has 0 unspecified atom stereocenters. The Morgan fingerprint density at radius 3 is 2.38 bits per heavy atom. The van der Waals surface area contributed by atoms with E-state index in [1.807, 2.05) is 6.08 Å². The highest BCUT2D eigenvalue weighted by Gasteiger charge is 1.93. The third-order valence-corrected chi connectivity index (χ3v) is 1.26. The quantitative estimate of drug-likeness (QED) is 0.450. The lowest BCUT2D eigenvalue weighted by molar-refractivity contribution is 1.02. The minimum absolute atomic E-state index is 0.490. The highest BCUT2D eigenvalue weighted by atomic mass is 14.0. The van der Waals surface area contributed by atoms with Gasteiger partial charge in [0.05, 0.1) is 0 Å². The summed E-state index contributed by atoms with van der Waals surface area (Å²) in [5.74, 6) is 0.490. The first-order valence-corrected chi connectivity index (χ1v) is 2.89. The molecule has 8 heavy (non-hydrogen) atoms. The van der Waals surface area contributed by atoms with Crippen molar-refractivity contribution < 1.29 is 0 Å². The molecule has 0 nitrogen and oxygen atoms in total. The molecule has 0 N–H and O–H groups in total. The second-order valence-corrected chi connectivity index (χ2v) is 1.91. The molecule has 0 spiro atoms. The number of rotatable bonds is 1. The minimum atomic E-state index is 0.490. The van der Waals surface area contributed by atoms with E-state index in [1.54, 1.807) is 0 Å². The van der Waals surface area contributed by atoms with Crippen LogP contribution in [0, 0.1) is 5.92 Å². The standard InChI is InChI=1S/C8H10/c1-2-8-6-4-3-5-7-8/h2,4-8H,1,3H2. The average molecular weight is 106 g/mol. The van der Waals surface area contributed by atoms with Crippen molar-refractivity contribution in [2.75, 3.05) is 0 Å². The van der Waals surface area contributed by atoms with Crippen molar-refractivity contribution in [1.82, 2.24) is 0 Å². The van der Waals surface area contributed by atoms with E-state index in [0.717, 1.165) is 6.42 Å². The maximum atomic E-state index is 3.68. The van der Waals surface area contributed by atoms with Crippen molar-refractivity contribution in [3.05, 3.63) is 37.0 Å². The summed E-state index contributed by atoms with van der Waals surface area (Å²) in [5, 5.41) is 0. The van der Waals surface area contributed by atoms with Crippen molar-refractivity contribution in [1.29, 1.82) is 0 Å². The zero-order chi connectivity index (χ0) is 5.82. The second-order valence-electron chi connectivity index (χ2n) is 1.91. The summed E-state index contributed by atoms with van der Waals surface area (Å²) in [6.07, 6.45) is 11.7. The van der Waals surface area contributed by atoms with Crippen molar-refractivity contribution in [2.24, 2.45) is 5.92 Å². The van der Waals surface area contributed by atoms with Gasteiger partial charge in [0, 0.05) is 5.92 Å². The first-order chi connectivity index (χ1) is 3.93. The molecule has 0 atom stereocenters. The number of hydrogen-bond donors (Lipinski definition) is 0. The van der Waals surface area contributed by atoms with Gasteiger partial charge in [-0.1, -0.05) is 30.4 Å². The van der Waals surface area contributed by atoms with E-state index in [4.69, 9.17) is 0 Å². The zero-order valence-electron chi connectivity index (χ0n) is 4.88. The number of hydrogen-bond acceptors (Lipinski definition) is 0. The van der Waals surface area contributed by atoms with Crippen LogP contribution in [0.4, 0.5) is 0 Å². The van der Waals surface area contributed by atoms with Crippen molar-refractivity contribution in [3.63, 3.8) is 0 Å². The predicted octanol–water partition coefficient (Wildman–Crippen LogP) is 2.30.